The van der Waals surface area contributed by atoms with Gasteiger partial charge in [-0.15, -0.1) is 0 Å². The third kappa shape index (κ3) is 3.69. The first kappa shape index (κ1) is 11.6. The molecule has 0 aliphatic rings. The summed E-state index contributed by atoms with van der Waals surface area (Å²) >= 11 is 0. The minimum Gasteiger partial charge on any atom is -0.355 e. The van der Waals surface area contributed by atoms with Crippen LogP contribution in [0.1, 0.15) is 24.2 Å². The quantitative estimate of drug-likeness (QED) is 0.710. The smallest absolute Gasteiger partial charge is 0.251 e. The molecule has 0 aliphatic heterocycles. The van der Waals surface area contributed by atoms with Gasteiger partial charge in [-0.25, -0.2) is 4.39 Å². The van der Waals surface area contributed by atoms with Crippen molar-refractivity contribution in [3.63, 3.8) is 0 Å². The van der Waals surface area contributed by atoms with Gasteiger partial charge in [0.1, 0.15) is 5.82 Å². The lowest BCUT2D eigenvalue weighted by atomic mass is 10.2. The summed E-state index contributed by atoms with van der Waals surface area (Å²) in [6.07, 6.45) is 0. The number of hydrogen-bond acceptors (Lipinski definition) is 1. The zero-order valence-corrected chi connectivity index (χ0v) is 8.10. The van der Waals surface area contributed by atoms with Crippen molar-refractivity contribution in [3.8, 4) is 0 Å². The molecule has 13 heavy (non-hydrogen) atoms. The first-order valence-corrected chi connectivity index (χ1v) is 4.21. The topological polar surface area (TPSA) is 29.1 Å². The molecule has 72 valence electrons. The maximum Gasteiger partial charge on any atom is 0.251 e. The summed E-state index contributed by atoms with van der Waals surface area (Å²) in [6, 6.07) is 5.55. The van der Waals surface area contributed by atoms with Crippen LogP contribution in [0.15, 0.2) is 24.3 Å². The second kappa shape index (κ2) is 6.17. The standard InChI is InChI=1S/C8H8FNO.C2H6/c1-10-8(11)6-3-2-4-7(9)5-6;1-2/h2-5H,1H3,(H,10,11);1-2H3. The summed E-state index contributed by atoms with van der Waals surface area (Å²) < 4.78 is 12.5. The monoisotopic (exact) mass is 183 g/mol. The number of amides is 1. The number of rotatable bonds is 1. The van der Waals surface area contributed by atoms with Crippen molar-refractivity contribution in [1.82, 2.24) is 5.32 Å². The van der Waals surface area contributed by atoms with Crippen LogP contribution < -0.4 is 5.32 Å². The predicted octanol–water partition coefficient (Wildman–Crippen LogP) is 2.21. The Morgan fingerprint density at radius 2 is 2.00 bits per heavy atom. The van der Waals surface area contributed by atoms with E-state index in [2.05, 4.69) is 5.32 Å². The van der Waals surface area contributed by atoms with E-state index in [0.717, 1.165) is 0 Å². The maximum atomic E-state index is 12.5. The minimum atomic E-state index is -0.397. The minimum absolute atomic E-state index is 0.274. The number of halogens is 1. The third-order valence-electron chi connectivity index (χ3n) is 1.31. The van der Waals surface area contributed by atoms with Gasteiger partial charge in [0, 0.05) is 12.6 Å². The first-order chi connectivity index (χ1) is 6.24. The van der Waals surface area contributed by atoms with Crippen LogP contribution in [-0.2, 0) is 0 Å². The van der Waals surface area contributed by atoms with E-state index in [1.807, 2.05) is 13.8 Å². The van der Waals surface area contributed by atoms with E-state index in [-0.39, 0.29) is 5.91 Å². The fourth-order valence-corrected chi connectivity index (χ4v) is 0.774. The van der Waals surface area contributed by atoms with Gasteiger partial charge in [-0.1, -0.05) is 19.9 Å². The van der Waals surface area contributed by atoms with Crippen LogP contribution in [0.4, 0.5) is 4.39 Å². The van der Waals surface area contributed by atoms with Gasteiger partial charge in [0.2, 0.25) is 0 Å². The van der Waals surface area contributed by atoms with E-state index in [4.69, 9.17) is 0 Å². The molecule has 0 atom stereocenters. The van der Waals surface area contributed by atoms with Gasteiger partial charge in [0.25, 0.3) is 5.91 Å². The number of nitrogens with one attached hydrogen (secondary N) is 1. The van der Waals surface area contributed by atoms with E-state index in [1.165, 1.54) is 25.2 Å². The molecule has 0 radical (unpaired) electrons. The van der Waals surface area contributed by atoms with Gasteiger partial charge in [-0.05, 0) is 18.2 Å². The average molecular weight is 183 g/mol. The van der Waals surface area contributed by atoms with Crippen molar-refractivity contribution in [1.29, 1.82) is 0 Å². The molecule has 0 aromatic heterocycles. The lowest BCUT2D eigenvalue weighted by Crippen LogP contribution is -2.17. The summed E-state index contributed by atoms with van der Waals surface area (Å²) in [5.74, 6) is -0.671. The van der Waals surface area contributed by atoms with Gasteiger partial charge >= 0.3 is 0 Å². The predicted molar refractivity (Wildman–Crippen MR) is 51.1 cm³/mol. The van der Waals surface area contributed by atoms with Crippen LogP contribution in [0.2, 0.25) is 0 Å². The van der Waals surface area contributed by atoms with E-state index in [0.29, 0.717) is 5.56 Å². The number of carbonyl (C=O) groups is 1. The van der Waals surface area contributed by atoms with Crippen molar-refractivity contribution >= 4 is 5.91 Å². The number of carbonyl (C=O) groups excluding carboxylic acids is 1. The van der Waals surface area contributed by atoms with Gasteiger partial charge in [-0.3, -0.25) is 4.79 Å². The van der Waals surface area contributed by atoms with E-state index >= 15 is 0 Å². The summed E-state index contributed by atoms with van der Waals surface area (Å²) in [7, 11) is 1.51. The Balaban J connectivity index is 0.000000671. The second-order valence-electron chi connectivity index (χ2n) is 2.09. The Labute approximate surface area is 77.8 Å². The van der Waals surface area contributed by atoms with Crippen LogP contribution in [0.5, 0.6) is 0 Å². The molecule has 0 heterocycles. The second-order valence-corrected chi connectivity index (χ2v) is 2.09. The van der Waals surface area contributed by atoms with Gasteiger partial charge in [0.05, 0.1) is 0 Å². The summed E-state index contributed by atoms with van der Waals surface area (Å²) in [5, 5.41) is 2.40. The normalized spacial score (nSPS) is 8.31. The highest BCUT2D eigenvalue weighted by Gasteiger charge is 2.01. The van der Waals surface area contributed by atoms with Crippen molar-refractivity contribution in [2.45, 2.75) is 13.8 Å². The zero-order chi connectivity index (χ0) is 10.3. The molecule has 0 fully saturated rings. The molecule has 0 saturated carbocycles. The molecule has 3 heteroatoms. The Morgan fingerprint density at radius 1 is 1.38 bits per heavy atom. The Bertz CT molecular complexity index is 273. The molecule has 1 N–H and O–H groups in total. The van der Waals surface area contributed by atoms with Crippen molar-refractivity contribution < 1.29 is 9.18 Å². The van der Waals surface area contributed by atoms with Crippen LogP contribution in [-0.4, -0.2) is 13.0 Å². The summed E-state index contributed by atoms with van der Waals surface area (Å²) in [5.41, 5.74) is 0.340. The molecular weight excluding hydrogens is 169 g/mol. The van der Waals surface area contributed by atoms with Gasteiger partial charge < -0.3 is 5.32 Å². The molecule has 1 rings (SSSR count). The van der Waals surface area contributed by atoms with Gasteiger partial charge in [-0.2, -0.15) is 0 Å². The van der Waals surface area contributed by atoms with Crippen molar-refractivity contribution in [2.75, 3.05) is 7.05 Å². The molecule has 0 bridgehead atoms. The van der Waals surface area contributed by atoms with Crippen molar-refractivity contribution in [3.05, 3.63) is 35.6 Å². The fraction of sp³-hybridized carbons (Fsp3) is 0.300. The molecule has 0 aliphatic carbocycles. The van der Waals surface area contributed by atoms with E-state index in [9.17, 15) is 9.18 Å². The highest BCUT2D eigenvalue weighted by atomic mass is 19.1. The molecule has 0 spiro atoms. The average Bonchev–Trinajstić information content (AvgIpc) is 2.20. The van der Waals surface area contributed by atoms with Crippen molar-refractivity contribution in [2.24, 2.45) is 0 Å². The highest BCUT2D eigenvalue weighted by Crippen LogP contribution is 2.02. The van der Waals surface area contributed by atoms with E-state index in [1.54, 1.807) is 6.07 Å². The molecule has 0 saturated heterocycles. The van der Waals surface area contributed by atoms with Crippen LogP contribution in [0, 0.1) is 5.82 Å². The molecular formula is C10H14FNO. The molecule has 2 nitrogen and oxygen atoms in total. The van der Waals surface area contributed by atoms with E-state index < -0.39 is 5.82 Å². The third-order valence-corrected chi connectivity index (χ3v) is 1.31. The van der Waals surface area contributed by atoms with Gasteiger partial charge in [0.15, 0.2) is 0 Å². The maximum absolute atomic E-state index is 12.5. The Kier molecular flexibility index (Phi) is 5.52. The summed E-state index contributed by atoms with van der Waals surface area (Å²) in [6.45, 7) is 4.00. The summed E-state index contributed by atoms with van der Waals surface area (Å²) in [4.78, 5) is 10.9. The van der Waals surface area contributed by atoms with Crippen LogP contribution in [0.25, 0.3) is 0 Å². The Morgan fingerprint density at radius 3 is 2.46 bits per heavy atom. The molecule has 0 unspecified atom stereocenters. The molecule has 1 amide bonds. The highest BCUT2D eigenvalue weighted by molar-refractivity contribution is 5.93. The van der Waals surface area contributed by atoms with Crippen LogP contribution in [0.3, 0.4) is 0 Å². The SMILES string of the molecule is CC.CNC(=O)c1cccc(F)c1. The number of benzene rings is 1. The molecule has 1 aromatic carbocycles. The fourth-order valence-electron chi connectivity index (χ4n) is 0.774. The zero-order valence-electron chi connectivity index (χ0n) is 8.10. The number of hydrogen-bond donors (Lipinski definition) is 1. The molecule has 1 aromatic rings. The Hall–Kier alpha value is -1.38. The first-order valence-electron chi connectivity index (χ1n) is 4.21. The lowest BCUT2D eigenvalue weighted by Gasteiger charge is -1.97. The van der Waals surface area contributed by atoms with Crippen LogP contribution >= 0.6 is 0 Å². The lowest BCUT2D eigenvalue weighted by molar-refractivity contribution is 0.0962. The largest absolute Gasteiger partial charge is 0.355 e.